The van der Waals surface area contributed by atoms with Gasteiger partial charge in [0.1, 0.15) is 17.8 Å². The van der Waals surface area contributed by atoms with Gasteiger partial charge in [0.05, 0.1) is 17.6 Å². The van der Waals surface area contributed by atoms with Gasteiger partial charge in [-0.2, -0.15) is 18.7 Å². The zero-order valence-electron chi connectivity index (χ0n) is 27.6. The van der Waals surface area contributed by atoms with Crippen LogP contribution in [0, 0.1) is 30.1 Å². The number of carbonyl (C=O) groups excluding carboxylic acids is 1. The third-order valence-electron chi connectivity index (χ3n) is 8.91. The van der Waals surface area contributed by atoms with Crippen LogP contribution in [-0.4, -0.2) is 66.2 Å². The smallest absolute Gasteiger partial charge is 0.324 e. The lowest BCUT2D eigenvalue weighted by Gasteiger charge is -2.33. The Kier molecular flexibility index (Phi) is 12.4. The highest BCUT2D eigenvalue weighted by Crippen LogP contribution is 2.30. The van der Waals surface area contributed by atoms with Crippen molar-refractivity contribution in [3.8, 4) is 11.8 Å². The normalized spacial score (nSPS) is 18.3. The number of carbonyl (C=O) groups is 1. The summed E-state index contributed by atoms with van der Waals surface area (Å²) in [5, 5.41) is 13.3. The summed E-state index contributed by atoms with van der Waals surface area (Å²) >= 11 is 0. The first-order chi connectivity index (χ1) is 22.4. The number of hydrogen-bond donors (Lipinski definition) is 2. The van der Waals surface area contributed by atoms with Gasteiger partial charge in [0.25, 0.3) is 10.1 Å². The summed E-state index contributed by atoms with van der Waals surface area (Å²) in [6.45, 7) is 11.4. The maximum Gasteiger partial charge on any atom is 0.324 e. The minimum absolute atomic E-state index is 0.0666. The van der Waals surface area contributed by atoms with E-state index < -0.39 is 16.2 Å². The number of ether oxygens (including phenoxy) is 1. The zero-order valence-corrected chi connectivity index (χ0v) is 28.4. The maximum atomic E-state index is 12.7. The van der Waals surface area contributed by atoms with Gasteiger partial charge in [0.15, 0.2) is 5.82 Å². The predicted octanol–water partition coefficient (Wildman–Crippen LogP) is 5.27. The molecule has 0 spiro atoms. The predicted molar refractivity (Wildman–Crippen MR) is 177 cm³/mol. The number of piperidine rings is 1. The molecule has 2 aliphatic heterocycles. The van der Waals surface area contributed by atoms with Gasteiger partial charge < -0.3 is 24.8 Å². The molecule has 1 amide bonds. The van der Waals surface area contributed by atoms with Crippen LogP contribution in [0.3, 0.4) is 0 Å². The van der Waals surface area contributed by atoms with E-state index >= 15 is 0 Å². The van der Waals surface area contributed by atoms with Crippen molar-refractivity contribution in [3.05, 3.63) is 65.5 Å². The van der Waals surface area contributed by atoms with Gasteiger partial charge in [-0.25, -0.2) is 0 Å². The van der Waals surface area contributed by atoms with Crippen molar-refractivity contribution in [2.24, 2.45) is 17.6 Å². The number of likely N-dealkylation sites (tertiary alicyclic amines) is 1. The minimum atomic E-state index is -4.02. The molecule has 0 aliphatic carbocycles. The number of hydrogen-bond acceptors (Lipinski definition) is 10. The fourth-order valence-corrected chi connectivity index (χ4v) is 6.30. The van der Waals surface area contributed by atoms with E-state index in [4.69, 9.17) is 19.5 Å². The number of benzene rings is 2. The number of rotatable bonds is 10. The van der Waals surface area contributed by atoms with Crippen LogP contribution in [0.15, 0.2) is 57.9 Å². The van der Waals surface area contributed by atoms with E-state index in [1.54, 1.807) is 17.0 Å². The number of aromatic nitrogens is 2. The van der Waals surface area contributed by atoms with Crippen LogP contribution in [0.4, 0.5) is 6.01 Å². The number of aryl methyl sites for hydroxylation is 1. The summed E-state index contributed by atoms with van der Waals surface area (Å²) in [5.74, 6) is 2.81. The van der Waals surface area contributed by atoms with Gasteiger partial charge in [-0.1, -0.05) is 55.8 Å². The first-order valence-electron chi connectivity index (χ1n) is 16.2. The van der Waals surface area contributed by atoms with E-state index in [1.165, 1.54) is 12.1 Å². The highest BCUT2D eigenvalue weighted by molar-refractivity contribution is 7.85. The zero-order chi connectivity index (χ0) is 34.1. The SMILES string of the molecule is CC(C)c1noc(N2CCC(C(C)CCOc3ccc(C(N)C(=O)N4CCCC4C#N)cc3)CC2)n1.Cc1ccc(S(=O)(=O)O)cc1. The van der Waals surface area contributed by atoms with Crippen molar-refractivity contribution in [2.75, 3.05) is 31.1 Å². The van der Waals surface area contributed by atoms with Crippen molar-refractivity contribution in [1.29, 1.82) is 5.26 Å². The molecule has 13 heteroatoms. The van der Waals surface area contributed by atoms with Crippen molar-refractivity contribution in [1.82, 2.24) is 15.0 Å². The van der Waals surface area contributed by atoms with E-state index in [1.807, 2.05) is 31.2 Å². The molecule has 2 aromatic carbocycles. The molecule has 3 unspecified atom stereocenters. The number of nitrogens with zero attached hydrogens (tertiary/aromatic N) is 5. The van der Waals surface area contributed by atoms with Crippen molar-refractivity contribution in [2.45, 2.75) is 82.7 Å². The van der Waals surface area contributed by atoms with Crippen molar-refractivity contribution < 1.29 is 27.0 Å². The fourth-order valence-electron chi connectivity index (χ4n) is 5.82. The van der Waals surface area contributed by atoms with Crippen LogP contribution in [0.2, 0.25) is 0 Å². The van der Waals surface area contributed by atoms with Gasteiger partial charge in [-0.3, -0.25) is 9.35 Å². The highest BCUT2D eigenvalue weighted by Gasteiger charge is 2.32. The molecule has 0 saturated carbocycles. The molecule has 3 aromatic rings. The molecule has 2 aliphatic rings. The molecule has 3 atom stereocenters. The summed E-state index contributed by atoms with van der Waals surface area (Å²) in [6.07, 6.45) is 4.75. The van der Waals surface area contributed by atoms with Crippen LogP contribution in [0.25, 0.3) is 0 Å². The lowest BCUT2D eigenvalue weighted by molar-refractivity contribution is -0.132. The Hall–Kier alpha value is -3.99. The van der Waals surface area contributed by atoms with Gasteiger partial charge in [0, 0.05) is 25.6 Å². The Balaban J connectivity index is 0.000000385. The Morgan fingerprint density at radius 3 is 2.32 bits per heavy atom. The number of nitriles is 1. The molecule has 5 rings (SSSR count). The van der Waals surface area contributed by atoms with E-state index in [2.05, 4.69) is 41.9 Å². The Bertz CT molecular complexity index is 1590. The Labute approximate surface area is 277 Å². The molecule has 1 aromatic heterocycles. The third kappa shape index (κ3) is 9.76. The molecular formula is C34H46N6O6S. The topological polar surface area (TPSA) is 176 Å². The van der Waals surface area contributed by atoms with E-state index in [0.29, 0.717) is 31.0 Å². The van der Waals surface area contributed by atoms with Crippen LogP contribution in [0.5, 0.6) is 5.75 Å². The molecular weight excluding hydrogens is 620 g/mol. The standard InChI is InChI=1S/C27H38N6O3.C7H8O3S/c1-18(2)25-30-27(36-31-25)32-14-10-20(11-15-32)19(3)12-16-35-23-8-6-21(7-9-23)24(29)26(34)33-13-4-5-22(33)17-28;1-6-2-4-7(5-3-6)11(8,9)10/h6-9,18-20,22,24H,4-5,10-16,29H2,1-3H3;2-5H,1H3,(H,8,9,10). The maximum absolute atomic E-state index is 12.7. The summed E-state index contributed by atoms with van der Waals surface area (Å²) in [5.41, 5.74) is 7.90. The Morgan fingerprint density at radius 2 is 1.74 bits per heavy atom. The van der Waals surface area contributed by atoms with Crippen LogP contribution >= 0.6 is 0 Å². The molecule has 0 radical (unpaired) electrons. The highest BCUT2D eigenvalue weighted by atomic mass is 32.2. The molecule has 0 bridgehead atoms. The Morgan fingerprint density at radius 1 is 1.09 bits per heavy atom. The lowest BCUT2D eigenvalue weighted by atomic mass is 9.84. The van der Waals surface area contributed by atoms with Crippen molar-refractivity contribution >= 4 is 22.0 Å². The minimum Gasteiger partial charge on any atom is -0.494 e. The number of anilines is 1. The van der Waals surface area contributed by atoms with Crippen LogP contribution in [-0.2, 0) is 14.9 Å². The van der Waals surface area contributed by atoms with E-state index in [9.17, 15) is 18.5 Å². The lowest BCUT2D eigenvalue weighted by Crippen LogP contribution is -2.40. The fraction of sp³-hybridized carbons (Fsp3) is 0.529. The van der Waals surface area contributed by atoms with Crippen LogP contribution in [0.1, 0.15) is 81.8 Å². The third-order valence-corrected chi connectivity index (χ3v) is 9.78. The monoisotopic (exact) mass is 666 g/mol. The summed E-state index contributed by atoms with van der Waals surface area (Å²) < 4.78 is 41.0. The summed E-state index contributed by atoms with van der Waals surface area (Å²) in [6, 6.07) is 15.1. The average molecular weight is 667 g/mol. The second kappa shape index (κ2) is 16.2. The molecule has 2 saturated heterocycles. The summed E-state index contributed by atoms with van der Waals surface area (Å²) in [4.78, 5) is 21.0. The molecule has 2 fully saturated rings. The van der Waals surface area contributed by atoms with Crippen LogP contribution < -0.4 is 15.4 Å². The molecule has 3 N–H and O–H groups in total. The second-order valence-corrected chi connectivity index (χ2v) is 14.1. The van der Waals surface area contributed by atoms with Gasteiger partial charge in [-0.05, 0) is 80.7 Å². The van der Waals surface area contributed by atoms with Gasteiger partial charge in [-0.15, -0.1) is 0 Å². The first-order valence-corrected chi connectivity index (χ1v) is 17.6. The quantitative estimate of drug-likeness (QED) is 0.270. The second-order valence-electron chi connectivity index (χ2n) is 12.7. The molecule has 3 heterocycles. The first kappa shape index (κ1) is 35.9. The van der Waals surface area contributed by atoms with Gasteiger partial charge >= 0.3 is 6.01 Å². The largest absolute Gasteiger partial charge is 0.494 e. The summed E-state index contributed by atoms with van der Waals surface area (Å²) in [7, 11) is -4.02. The number of nitrogens with two attached hydrogens (primary N) is 1. The molecule has 12 nitrogen and oxygen atoms in total. The van der Waals surface area contributed by atoms with Gasteiger partial charge in [0.2, 0.25) is 5.91 Å². The number of amides is 1. The van der Waals surface area contributed by atoms with E-state index in [-0.39, 0.29) is 22.8 Å². The average Bonchev–Trinajstić information content (AvgIpc) is 3.75. The molecule has 254 valence electrons. The van der Waals surface area contributed by atoms with E-state index in [0.717, 1.165) is 67.9 Å². The molecule has 47 heavy (non-hydrogen) atoms. The van der Waals surface area contributed by atoms with Crippen molar-refractivity contribution in [3.63, 3.8) is 0 Å².